The van der Waals surface area contributed by atoms with Gasteiger partial charge in [-0.1, -0.05) is 44.4 Å². The van der Waals surface area contributed by atoms with Gasteiger partial charge in [-0.05, 0) is 62.1 Å². The first-order valence-electron chi connectivity index (χ1n) is 12.7. The molecule has 0 aliphatic carbocycles. The van der Waals surface area contributed by atoms with E-state index in [2.05, 4.69) is 24.0 Å². The van der Waals surface area contributed by atoms with Crippen molar-refractivity contribution < 1.29 is 19.4 Å². The number of rotatable bonds is 11. The van der Waals surface area contributed by atoms with Gasteiger partial charge in [-0.15, -0.1) is 0 Å². The van der Waals surface area contributed by atoms with Crippen molar-refractivity contribution in [2.75, 3.05) is 19.8 Å². The Kier molecular flexibility index (Phi) is 8.09. The predicted molar refractivity (Wildman–Crippen MR) is 141 cm³/mol. The first-order valence-corrected chi connectivity index (χ1v) is 13.1. The number of nitrogens with one attached hydrogen (secondary N) is 1. The summed E-state index contributed by atoms with van der Waals surface area (Å²) in [7, 11) is 0. The molecule has 1 aliphatic rings. The van der Waals surface area contributed by atoms with E-state index in [1.54, 1.807) is 12.1 Å². The number of aryl methyl sites for hydroxylation is 1. The van der Waals surface area contributed by atoms with Crippen molar-refractivity contribution in [1.82, 2.24) is 15.1 Å². The van der Waals surface area contributed by atoms with Crippen LogP contribution in [0.4, 0.5) is 0 Å². The molecule has 192 valence electrons. The second-order valence-electron chi connectivity index (χ2n) is 9.08. The Labute approximate surface area is 217 Å². The zero-order valence-corrected chi connectivity index (χ0v) is 22.1. The van der Waals surface area contributed by atoms with E-state index in [0.29, 0.717) is 53.2 Å². The molecular weight excluding hydrogens is 478 g/mol. The number of phenolic OH excluding ortho intramolecular Hbond substituents is 1. The summed E-state index contributed by atoms with van der Waals surface area (Å²) in [5.41, 5.74) is 3.84. The Morgan fingerprint density at radius 1 is 1.08 bits per heavy atom. The summed E-state index contributed by atoms with van der Waals surface area (Å²) in [6.07, 6.45) is 3.86. The third-order valence-corrected chi connectivity index (χ3v) is 6.85. The lowest BCUT2D eigenvalue weighted by molar-refractivity contribution is 0.0740. The lowest BCUT2D eigenvalue weighted by Crippen LogP contribution is -2.30. The summed E-state index contributed by atoms with van der Waals surface area (Å²) >= 11 is 6.41. The van der Waals surface area contributed by atoms with Crippen LogP contribution in [0.3, 0.4) is 0 Å². The minimum absolute atomic E-state index is 0.0696. The Balaban J connectivity index is 1.85. The fourth-order valence-electron chi connectivity index (χ4n) is 4.66. The number of ether oxygens (including phenoxy) is 2. The van der Waals surface area contributed by atoms with E-state index in [1.807, 2.05) is 36.9 Å². The number of hydrogen-bond donors (Lipinski definition) is 2. The molecule has 0 saturated carbocycles. The molecule has 1 amide bonds. The van der Waals surface area contributed by atoms with Crippen LogP contribution in [-0.2, 0) is 0 Å². The van der Waals surface area contributed by atoms with E-state index >= 15 is 0 Å². The molecule has 1 atom stereocenters. The van der Waals surface area contributed by atoms with Gasteiger partial charge in [0.25, 0.3) is 5.91 Å². The van der Waals surface area contributed by atoms with Crippen LogP contribution >= 0.6 is 11.6 Å². The zero-order chi connectivity index (χ0) is 25.8. The van der Waals surface area contributed by atoms with E-state index < -0.39 is 6.04 Å². The minimum atomic E-state index is -0.392. The van der Waals surface area contributed by atoms with Gasteiger partial charge in [0.15, 0.2) is 11.5 Å². The molecular formula is C28H34ClN3O4. The molecule has 2 N–H and O–H groups in total. The number of aromatic amines is 1. The number of halogens is 1. The van der Waals surface area contributed by atoms with Gasteiger partial charge in [0, 0.05) is 22.7 Å². The van der Waals surface area contributed by atoms with Crippen molar-refractivity contribution in [3.05, 3.63) is 57.7 Å². The summed E-state index contributed by atoms with van der Waals surface area (Å²) in [4.78, 5) is 15.4. The van der Waals surface area contributed by atoms with Crippen LogP contribution < -0.4 is 9.47 Å². The summed E-state index contributed by atoms with van der Waals surface area (Å²) < 4.78 is 11.8. The van der Waals surface area contributed by atoms with Gasteiger partial charge in [-0.25, -0.2) is 0 Å². The van der Waals surface area contributed by atoms with Crippen molar-refractivity contribution in [3.63, 3.8) is 0 Å². The van der Waals surface area contributed by atoms with E-state index in [-0.39, 0.29) is 11.7 Å². The van der Waals surface area contributed by atoms with Crippen molar-refractivity contribution >= 4 is 17.5 Å². The molecule has 3 aromatic rings. The molecule has 1 unspecified atom stereocenters. The highest BCUT2D eigenvalue weighted by atomic mass is 35.5. The molecule has 7 nitrogen and oxygen atoms in total. The highest BCUT2D eigenvalue weighted by molar-refractivity contribution is 6.31. The Morgan fingerprint density at radius 2 is 1.89 bits per heavy atom. The van der Waals surface area contributed by atoms with E-state index in [9.17, 15) is 9.90 Å². The smallest absolute Gasteiger partial charge is 0.273 e. The summed E-state index contributed by atoms with van der Waals surface area (Å²) in [6, 6.07) is 8.77. The highest BCUT2D eigenvalue weighted by Gasteiger charge is 2.42. The fourth-order valence-corrected chi connectivity index (χ4v) is 4.83. The van der Waals surface area contributed by atoms with Crippen LogP contribution in [-0.4, -0.2) is 45.9 Å². The van der Waals surface area contributed by atoms with Gasteiger partial charge in [-0.3, -0.25) is 9.89 Å². The normalized spacial score (nSPS) is 14.9. The largest absolute Gasteiger partial charge is 0.507 e. The van der Waals surface area contributed by atoms with Crippen LogP contribution in [0, 0.1) is 6.92 Å². The summed E-state index contributed by atoms with van der Waals surface area (Å²) in [5.74, 6) is 1.29. The van der Waals surface area contributed by atoms with Crippen LogP contribution in [0.25, 0.3) is 11.3 Å². The summed E-state index contributed by atoms with van der Waals surface area (Å²) in [6.45, 7) is 9.66. The van der Waals surface area contributed by atoms with E-state index in [1.165, 1.54) is 0 Å². The Hall–Kier alpha value is -3.19. The maximum absolute atomic E-state index is 13.6. The Bertz CT molecular complexity index is 1240. The number of aromatic hydroxyl groups is 1. The molecule has 1 aliphatic heterocycles. The second kappa shape index (κ2) is 11.2. The number of carbonyl (C=O) groups is 1. The third kappa shape index (κ3) is 4.89. The number of amides is 1. The van der Waals surface area contributed by atoms with Gasteiger partial charge in [0.1, 0.15) is 17.1 Å². The highest BCUT2D eigenvalue weighted by Crippen LogP contribution is 2.46. The fraction of sp³-hybridized carbons (Fsp3) is 0.429. The van der Waals surface area contributed by atoms with Gasteiger partial charge in [-0.2, -0.15) is 5.10 Å². The first kappa shape index (κ1) is 25.9. The standard InChI is InChI=1S/C28H34ClN3O4/c1-5-8-9-12-32-27(18-10-11-22(36-13-6-2)23(15-18)35-7-3)24-25(30-31-26(24)28(32)34)19-16-20(29)17(4)14-21(19)33/h10-11,14-16,27,33H,5-9,12-13H2,1-4H3,(H,30,31). The number of H-pyrrole nitrogens is 1. The molecule has 0 saturated heterocycles. The molecule has 0 bridgehead atoms. The molecule has 8 heteroatoms. The lowest BCUT2D eigenvalue weighted by atomic mass is 9.95. The number of benzene rings is 2. The average Bonchev–Trinajstić information content (AvgIpc) is 3.40. The molecule has 2 aromatic carbocycles. The van der Waals surface area contributed by atoms with Crippen molar-refractivity contribution in [2.45, 2.75) is 59.4 Å². The third-order valence-electron chi connectivity index (χ3n) is 6.44. The number of unbranched alkanes of at least 4 members (excludes halogenated alkanes) is 2. The van der Waals surface area contributed by atoms with Crippen LogP contribution in [0.2, 0.25) is 5.02 Å². The Morgan fingerprint density at radius 3 is 2.61 bits per heavy atom. The quantitative estimate of drug-likeness (QED) is 0.281. The molecule has 0 radical (unpaired) electrons. The second-order valence-corrected chi connectivity index (χ2v) is 9.48. The van der Waals surface area contributed by atoms with Crippen molar-refractivity contribution in [3.8, 4) is 28.5 Å². The SMILES string of the molecule is CCCCCN1C(=O)c2[nH]nc(-c3cc(Cl)c(C)cc3O)c2C1c1ccc(OCCC)c(OCC)c1. The van der Waals surface area contributed by atoms with Gasteiger partial charge in [0.05, 0.1) is 19.3 Å². The predicted octanol–water partition coefficient (Wildman–Crippen LogP) is 6.67. The number of nitrogens with zero attached hydrogens (tertiary/aromatic N) is 2. The average molecular weight is 512 g/mol. The zero-order valence-electron chi connectivity index (χ0n) is 21.4. The van der Waals surface area contributed by atoms with Gasteiger partial charge < -0.3 is 19.5 Å². The van der Waals surface area contributed by atoms with Gasteiger partial charge >= 0.3 is 0 Å². The number of carbonyl (C=O) groups excluding carboxylic acids is 1. The van der Waals surface area contributed by atoms with Crippen LogP contribution in [0.1, 0.15) is 79.7 Å². The number of fused-ring (bicyclic) bond motifs is 1. The maximum Gasteiger partial charge on any atom is 0.273 e. The molecule has 0 fully saturated rings. The molecule has 0 spiro atoms. The van der Waals surface area contributed by atoms with E-state index in [0.717, 1.165) is 42.4 Å². The first-order chi connectivity index (χ1) is 17.4. The summed E-state index contributed by atoms with van der Waals surface area (Å²) in [5, 5.41) is 18.7. The van der Waals surface area contributed by atoms with Crippen molar-refractivity contribution in [1.29, 1.82) is 0 Å². The maximum atomic E-state index is 13.6. The monoisotopic (exact) mass is 511 g/mol. The molecule has 1 aromatic heterocycles. The molecule has 4 rings (SSSR count). The topological polar surface area (TPSA) is 87.7 Å². The molecule has 36 heavy (non-hydrogen) atoms. The molecule has 2 heterocycles. The lowest BCUT2D eigenvalue weighted by Gasteiger charge is -2.27. The van der Waals surface area contributed by atoms with Crippen LogP contribution in [0.15, 0.2) is 30.3 Å². The van der Waals surface area contributed by atoms with Gasteiger partial charge in [0.2, 0.25) is 0 Å². The number of hydrogen-bond acceptors (Lipinski definition) is 5. The minimum Gasteiger partial charge on any atom is -0.507 e. The van der Waals surface area contributed by atoms with Crippen LogP contribution in [0.5, 0.6) is 17.2 Å². The van der Waals surface area contributed by atoms with E-state index in [4.69, 9.17) is 21.1 Å². The van der Waals surface area contributed by atoms with Crippen molar-refractivity contribution in [2.24, 2.45) is 0 Å². The number of phenols is 1. The number of aromatic nitrogens is 2.